The number of aromatic nitrogens is 2. The second-order valence-corrected chi connectivity index (χ2v) is 5.39. The maximum absolute atomic E-state index is 12.1. The van der Waals surface area contributed by atoms with Gasteiger partial charge in [-0.25, -0.2) is 0 Å². The third-order valence-electron chi connectivity index (χ3n) is 3.91. The molecule has 0 bridgehead atoms. The van der Waals surface area contributed by atoms with Crippen molar-refractivity contribution in [3.8, 4) is 0 Å². The molecule has 1 aliphatic heterocycles. The van der Waals surface area contributed by atoms with Gasteiger partial charge in [-0.3, -0.25) is 9.89 Å². The van der Waals surface area contributed by atoms with E-state index in [2.05, 4.69) is 15.5 Å². The molecule has 0 aromatic carbocycles. The topological polar surface area (TPSA) is 61.0 Å². The SMILES string of the molecule is O=C(c1ccn[nH]1)N1CCC(NCC2CC2)CC1. The summed E-state index contributed by atoms with van der Waals surface area (Å²) in [6.07, 6.45) is 6.53. The average molecular weight is 248 g/mol. The molecule has 1 aromatic heterocycles. The van der Waals surface area contributed by atoms with E-state index < -0.39 is 0 Å². The van der Waals surface area contributed by atoms with Crippen LogP contribution in [0, 0.1) is 5.92 Å². The van der Waals surface area contributed by atoms with Crippen LogP contribution in [0.4, 0.5) is 0 Å². The number of amides is 1. The first-order valence-corrected chi connectivity index (χ1v) is 6.85. The van der Waals surface area contributed by atoms with Crippen molar-refractivity contribution in [3.05, 3.63) is 18.0 Å². The van der Waals surface area contributed by atoms with Gasteiger partial charge < -0.3 is 10.2 Å². The van der Waals surface area contributed by atoms with Crippen LogP contribution in [0.5, 0.6) is 0 Å². The lowest BCUT2D eigenvalue weighted by Crippen LogP contribution is -2.45. The van der Waals surface area contributed by atoms with E-state index in [1.54, 1.807) is 12.3 Å². The number of rotatable bonds is 4. The lowest BCUT2D eigenvalue weighted by molar-refractivity contribution is 0.0699. The third kappa shape index (κ3) is 2.72. The second kappa shape index (κ2) is 5.10. The molecule has 18 heavy (non-hydrogen) atoms. The van der Waals surface area contributed by atoms with Crippen molar-refractivity contribution in [2.24, 2.45) is 5.92 Å². The minimum atomic E-state index is 0.0770. The Morgan fingerprint density at radius 3 is 2.78 bits per heavy atom. The summed E-state index contributed by atoms with van der Waals surface area (Å²) in [5.41, 5.74) is 0.597. The van der Waals surface area contributed by atoms with E-state index in [0.29, 0.717) is 11.7 Å². The summed E-state index contributed by atoms with van der Waals surface area (Å²) >= 11 is 0. The quantitative estimate of drug-likeness (QED) is 0.836. The number of carbonyl (C=O) groups is 1. The predicted molar refractivity (Wildman–Crippen MR) is 68.2 cm³/mol. The van der Waals surface area contributed by atoms with E-state index >= 15 is 0 Å². The molecule has 0 spiro atoms. The molecule has 1 saturated carbocycles. The Hall–Kier alpha value is -1.36. The van der Waals surface area contributed by atoms with E-state index in [-0.39, 0.29) is 5.91 Å². The first-order valence-electron chi connectivity index (χ1n) is 6.85. The monoisotopic (exact) mass is 248 g/mol. The molecule has 1 aliphatic carbocycles. The fourth-order valence-electron chi connectivity index (χ4n) is 2.49. The molecular weight excluding hydrogens is 228 g/mol. The van der Waals surface area contributed by atoms with Gasteiger partial charge in [-0.15, -0.1) is 0 Å². The highest BCUT2D eigenvalue weighted by Gasteiger charge is 2.26. The third-order valence-corrected chi connectivity index (χ3v) is 3.91. The summed E-state index contributed by atoms with van der Waals surface area (Å²) in [7, 11) is 0. The van der Waals surface area contributed by atoms with Gasteiger partial charge in [0.1, 0.15) is 5.69 Å². The lowest BCUT2D eigenvalue weighted by atomic mass is 10.0. The van der Waals surface area contributed by atoms with Crippen LogP contribution in [0.15, 0.2) is 12.3 Å². The summed E-state index contributed by atoms with van der Waals surface area (Å²) in [5, 5.41) is 10.2. The van der Waals surface area contributed by atoms with E-state index in [1.165, 1.54) is 19.4 Å². The van der Waals surface area contributed by atoms with Crippen molar-refractivity contribution in [2.75, 3.05) is 19.6 Å². The summed E-state index contributed by atoms with van der Waals surface area (Å²) in [6.45, 7) is 2.86. The van der Waals surface area contributed by atoms with E-state index in [1.807, 2.05) is 4.90 Å². The van der Waals surface area contributed by atoms with Crippen LogP contribution in [0.1, 0.15) is 36.2 Å². The minimum Gasteiger partial charge on any atom is -0.337 e. The number of nitrogens with one attached hydrogen (secondary N) is 2. The number of hydrogen-bond donors (Lipinski definition) is 2. The van der Waals surface area contributed by atoms with Crippen LogP contribution in [-0.2, 0) is 0 Å². The highest BCUT2D eigenvalue weighted by molar-refractivity contribution is 5.92. The van der Waals surface area contributed by atoms with Gasteiger partial charge in [0.15, 0.2) is 0 Å². The molecule has 1 saturated heterocycles. The zero-order chi connectivity index (χ0) is 12.4. The first kappa shape index (κ1) is 11.7. The molecule has 0 unspecified atom stereocenters. The van der Waals surface area contributed by atoms with Gasteiger partial charge in [-0.1, -0.05) is 0 Å². The van der Waals surface area contributed by atoms with E-state index in [4.69, 9.17) is 0 Å². The standard InChI is InChI=1S/C13H20N4O/c18-13(12-3-6-15-16-12)17-7-4-11(5-8-17)14-9-10-1-2-10/h3,6,10-11,14H,1-2,4-5,7-9H2,(H,15,16). The number of hydrogen-bond acceptors (Lipinski definition) is 3. The number of nitrogens with zero attached hydrogens (tertiary/aromatic N) is 2. The molecule has 2 aliphatic rings. The average Bonchev–Trinajstić information content (AvgIpc) is 3.08. The van der Waals surface area contributed by atoms with Crippen LogP contribution < -0.4 is 5.32 Å². The van der Waals surface area contributed by atoms with Gasteiger partial charge >= 0.3 is 0 Å². The Morgan fingerprint density at radius 2 is 2.17 bits per heavy atom. The smallest absolute Gasteiger partial charge is 0.271 e. The minimum absolute atomic E-state index is 0.0770. The van der Waals surface area contributed by atoms with Gasteiger partial charge in [0.2, 0.25) is 0 Å². The van der Waals surface area contributed by atoms with Crippen molar-refractivity contribution in [1.82, 2.24) is 20.4 Å². The molecule has 1 amide bonds. The number of H-pyrrole nitrogens is 1. The fraction of sp³-hybridized carbons (Fsp3) is 0.692. The molecule has 2 fully saturated rings. The summed E-state index contributed by atoms with van der Waals surface area (Å²) in [6, 6.07) is 2.33. The number of carbonyl (C=O) groups excluding carboxylic acids is 1. The Kier molecular flexibility index (Phi) is 3.32. The Bertz CT molecular complexity index is 391. The van der Waals surface area contributed by atoms with Gasteiger partial charge in [-0.05, 0) is 44.2 Å². The van der Waals surface area contributed by atoms with Gasteiger partial charge in [0.25, 0.3) is 5.91 Å². The molecular formula is C13H20N4O. The summed E-state index contributed by atoms with van der Waals surface area (Å²) in [4.78, 5) is 14.0. The molecule has 3 rings (SSSR count). The molecule has 2 N–H and O–H groups in total. The lowest BCUT2D eigenvalue weighted by Gasteiger charge is -2.32. The number of aromatic amines is 1. The highest BCUT2D eigenvalue weighted by atomic mass is 16.2. The van der Waals surface area contributed by atoms with Crippen molar-refractivity contribution in [1.29, 1.82) is 0 Å². The molecule has 5 nitrogen and oxygen atoms in total. The predicted octanol–water partition coefficient (Wildman–Crippen LogP) is 1.01. The Balaban J connectivity index is 1.45. The molecule has 5 heteroatoms. The fourth-order valence-corrected chi connectivity index (χ4v) is 2.49. The zero-order valence-electron chi connectivity index (χ0n) is 10.6. The first-order chi connectivity index (χ1) is 8.83. The van der Waals surface area contributed by atoms with Crippen LogP contribution in [0.2, 0.25) is 0 Å². The Labute approximate surface area is 107 Å². The van der Waals surface area contributed by atoms with Gasteiger partial charge in [0.05, 0.1) is 0 Å². The normalized spacial score (nSPS) is 21.2. The van der Waals surface area contributed by atoms with Crippen molar-refractivity contribution in [2.45, 2.75) is 31.7 Å². The highest BCUT2D eigenvalue weighted by Crippen LogP contribution is 2.28. The molecule has 0 atom stereocenters. The van der Waals surface area contributed by atoms with Gasteiger partial charge in [-0.2, -0.15) is 5.10 Å². The van der Waals surface area contributed by atoms with Crippen LogP contribution >= 0.6 is 0 Å². The largest absolute Gasteiger partial charge is 0.337 e. The van der Waals surface area contributed by atoms with Crippen LogP contribution in [0.25, 0.3) is 0 Å². The van der Waals surface area contributed by atoms with Gasteiger partial charge in [0, 0.05) is 25.3 Å². The van der Waals surface area contributed by atoms with Crippen LogP contribution in [0.3, 0.4) is 0 Å². The molecule has 1 aromatic rings. The zero-order valence-corrected chi connectivity index (χ0v) is 10.6. The maximum Gasteiger partial charge on any atom is 0.271 e. The Morgan fingerprint density at radius 1 is 1.39 bits per heavy atom. The summed E-state index contributed by atoms with van der Waals surface area (Å²) < 4.78 is 0. The molecule has 0 radical (unpaired) electrons. The summed E-state index contributed by atoms with van der Waals surface area (Å²) in [5.74, 6) is 1.00. The number of likely N-dealkylation sites (tertiary alicyclic amines) is 1. The van der Waals surface area contributed by atoms with Crippen molar-refractivity contribution in [3.63, 3.8) is 0 Å². The van der Waals surface area contributed by atoms with Crippen molar-refractivity contribution < 1.29 is 4.79 Å². The second-order valence-electron chi connectivity index (χ2n) is 5.39. The molecule has 2 heterocycles. The van der Waals surface area contributed by atoms with E-state index in [9.17, 15) is 4.79 Å². The van der Waals surface area contributed by atoms with E-state index in [0.717, 1.165) is 31.8 Å². The number of piperidine rings is 1. The van der Waals surface area contributed by atoms with Crippen molar-refractivity contribution >= 4 is 5.91 Å². The molecule has 98 valence electrons. The maximum atomic E-state index is 12.1. The van der Waals surface area contributed by atoms with Crippen LogP contribution in [-0.4, -0.2) is 46.7 Å².